The molecule has 1 saturated carbocycles. The van der Waals surface area contributed by atoms with Crippen LogP contribution in [0.4, 0.5) is 13.2 Å². The highest BCUT2D eigenvalue weighted by atomic mass is 19.4. The lowest BCUT2D eigenvalue weighted by molar-refractivity contribution is -0.137. The molecule has 1 aromatic heterocycles. The molecule has 0 bridgehead atoms. The topological polar surface area (TPSA) is 45.5 Å². The Bertz CT molecular complexity index is 807. The fourth-order valence-electron chi connectivity index (χ4n) is 3.91. The number of hydrogen-bond acceptors (Lipinski definition) is 3. The summed E-state index contributed by atoms with van der Waals surface area (Å²) in [7, 11) is 0. The molecular formula is C21H23F3N2O2. The quantitative estimate of drug-likeness (QED) is 0.806. The highest BCUT2D eigenvalue weighted by Gasteiger charge is 2.37. The Labute approximate surface area is 161 Å². The van der Waals surface area contributed by atoms with E-state index in [9.17, 15) is 18.0 Å². The van der Waals surface area contributed by atoms with Gasteiger partial charge in [-0.25, -0.2) is 0 Å². The van der Waals surface area contributed by atoms with E-state index in [0.717, 1.165) is 31.7 Å². The van der Waals surface area contributed by atoms with Gasteiger partial charge in [-0.2, -0.15) is 13.2 Å². The van der Waals surface area contributed by atoms with E-state index in [4.69, 9.17) is 4.42 Å². The standard InChI is InChI=1S/C21H23F3N2O2/c22-21(23,24)17-3-1-2-15(12-17)19(14-4-5-14)25-18-6-9-26(10-7-18)20(27)16-8-11-28-13-16/h1-3,8,11-14,18-19,25H,4-7,9-10H2/t19-/m1/s1. The molecule has 28 heavy (non-hydrogen) atoms. The molecule has 1 aliphatic heterocycles. The molecule has 0 radical (unpaired) electrons. The van der Waals surface area contributed by atoms with Gasteiger partial charge in [-0.05, 0) is 55.4 Å². The number of benzene rings is 1. The summed E-state index contributed by atoms with van der Waals surface area (Å²) in [6, 6.07) is 7.44. The zero-order valence-electron chi connectivity index (χ0n) is 15.4. The molecule has 2 aliphatic rings. The van der Waals surface area contributed by atoms with Crippen LogP contribution in [0.25, 0.3) is 0 Å². The molecule has 4 nitrogen and oxygen atoms in total. The lowest BCUT2D eigenvalue weighted by Gasteiger charge is -2.35. The average Bonchev–Trinajstić information content (AvgIpc) is 3.38. The van der Waals surface area contributed by atoms with Crippen LogP contribution in [0.5, 0.6) is 0 Å². The molecule has 0 unspecified atom stereocenters. The maximum absolute atomic E-state index is 13.1. The Morgan fingerprint density at radius 1 is 1.14 bits per heavy atom. The van der Waals surface area contributed by atoms with Gasteiger partial charge in [0.05, 0.1) is 17.4 Å². The highest BCUT2D eigenvalue weighted by molar-refractivity contribution is 5.93. The number of furan rings is 1. The van der Waals surface area contributed by atoms with Gasteiger partial charge in [-0.15, -0.1) is 0 Å². The van der Waals surface area contributed by atoms with Gasteiger partial charge in [0.15, 0.2) is 0 Å². The third-order valence-corrected chi connectivity index (χ3v) is 5.63. The summed E-state index contributed by atoms with van der Waals surface area (Å²) in [6.07, 6.45) is 2.23. The van der Waals surface area contributed by atoms with Crippen molar-refractivity contribution in [2.24, 2.45) is 5.92 Å². The van der Waals surface area contributed by atoms with Crippen LogP contribution >= 0.6 is 0 Å². The van der Waals surface area contributed by atoms with Crippen LogP contribution in [-0.2, 0) is 6.18 Å². The third-order valence-electron chi connectivity index (χ3n) is 5.63. The molecule has 2 heterocycles. The molecular weight excluding hydrogens is 369 g/mol. The minimum atomic E-state index is -4.33. The SMILES string of the molecule is O=C(c1ccoc1)N1CCC(N[C@@H](c2cccc(C(F)(F)F)c2)C2CC2)CC1. The number of nitrogens with zero attached hydrogens (tertiary/aromatic N) is 1. The first kappa shape index (κ1) is 19.1. The summed E-state index contributed by atoms with van der Waals surface area (Å²) in [5.74, 6) is 0.345. The molecule has 1 aliphatic carbocycles. The summed E-state index contributed by atoms with van der Waals surface area (Å²) in [5.41, 5.74) is 0.651. The van der Waals surface area contributed by atoms with Crippen molar-refractivity contribution in [1.82, 2.24) is 10.2 Å². The van der Waals surface area contributed by atoms with Gasteiger partial charge in [0.1, 0.15) is 6.26 Å². The van der Waals surface area contributed by atoms with Gasteiger partial charge >= 0.3 is 6.18 Å². The number of rotatable bonds is 5. The monoisotopic (exact) mass is 392 g/mol. The number of carbonyl (C=O) groups excluding carboxylic acids is 1. The van der Waals surface area contributed by atoms with Gasteiger partial charge in [-0.3, -0.25) is 4.79 Å². The van der Waals surface area contributed by atoms with Crippen molar-refractivity contribution in [3.05, 3.63) is 59.5 Å². The van der Waals surface area contributed by atoms with Crippen molar-refractivity contribution < 1.29 is 22.4 Å². The average molecular weight is 392 g/mol. The number of likely N-dealkylation sites (tertiary alicyclic amines) is 1. The second-order valence-corrected chi connectivity index (χ2v) is 7.68. The molecule has 1 saturated heterocycles. The minimum absolute atomic E-state index is 0.0381. The van der Waals surface area contributed by atoms with Crippen molar-refractivity contribution in [3.63, 3.8) is 0 Å². The van der Waals surface area contributed by atoms with E-state index in [1.54, 1.807) is 17.0 Å². The molecule has 1 aromatic carbocycles. The Hall–Kier alpha value is -2.28. The van der Waals surface area contributed by atoms with Gasteiger partial charge < -0.3 is 14.6 Å². The zero-order chi connectivity index (χ0) is 19.7. The molecule has 1 amide bonds. The smallest absolute Gasteiger partial charge is 0.416 e. The fourth-order valence-corrected chi connectivity index (χ4v) is 3.91. The molecule has 0 spiro atoms. The van der Waals surface area contributed by atoms with Crippen molar-refractivity contribution in [1.29, 1.82) is 0 Å². The van der Waals surface area contributed by atoms with Crippen molar-refractivity contribution in [2.45, 2.75) is 43.9 Å². The predicted molar refractivity (Wildman–Crippen MR) is 97.7 cm³/mol. The van der Waals surface area contributed by atoms with Crippen LogP contribution in [0.1, 0.15) is 53.2 Å². The van der Waals surface area contributed by atoms with Crippen LogP contribution in [0.15, 0.2) is 47.3 Å². The molecule has 2 aromatic rings. The summed E-state index contributed by atoms with van der Waals surface area (Å²) in [6.45, 7) is 1.25. The molecule has 4 rings (SSSR count). The number of nitrogens with one attached hydrogen (secondary N) is 1. The number of alkyl halides is 3. The van der Waals surface area contributed by atoms with E-state index >= 15 is 0 Å². The van der Waals surface area contributed by atoms with Crippen LogP contribution in [0, 0.1) is 5.92 Å². The highest BCUT2D eigenvalue weighted by Crippen LogP contribution is 2.42. The maximum atomic E-state index is 13.1. The van der Waals surface area contributed by atoms with E-state index in [1.165, 1.54) is 24.7 Å². The summed E-state index contributed by atoms with van der Waals surface area (Å²) >= 11 is 0. The lowest BCUT2D eigenvalue weighted by atomic mass is 9.96. The van der Waals surface area contributed by atoms with Gasteiger partial charge in [-0.1, -0.05) is 12.1 Å². The fraction of sp³-hybridized carbons (Fsp3) is 0.476. The number of hydrogen-bond donors (Lipinski definition) is 1. The Morgan fingerprint density at radius 2 is 1.89 bits per heavy atom. The molecule has 1 atom stereocenters. The van der Waals surface area contributed by atoms with Crippen LogP contribution in [0.2, 0.25) is 0 Å². The van der Waals surface area contributed by atoms with E-state index < -0.39 is 11.7 Å². The predicted octanol–water partition coefficient (Wildman–Crippen LogP) is 4.64. The first-order chi connectivity index (χ1) is 13.4. The normalized spacial score (nSPS) is 19.6. The first-order valence-corrected chi connectivity index (χ1v) is 9.66. The van der Waals surface area contributed by atoms with Gasteiger partial charge in [0.25, 0.3) is 5.91 Å². The Balaban J connectivity index is 1.40. The van der Waals surface area contributed by atoms with Crippen molar-refractivity contribution >= 4 is 5.91 Å². The number of piperidine rings is 1. The van der Waals surface area contributed by atoms with E-state index in [1.807, 2.05) is 0 Å². The minimum Gasteiger partial charge on any atom is -0.472 e. The van der Waals surface area contributed by atoms with E-state index in [0.29, 0.717) is 30.1 Å². The maximum Gasteiger partial charge on any atom is 0.416 e. The van der Waals surface area contributed by atoms with Crippen molar-refractivity contribution in [3.8, 4) is 0 Å². The molecule has 2 fully saturated rings. The number of halogens is 3. The van der Waals surface area contributed by atoms with Crippen molar-refractivity contribution in [2.75, 3.05) is 13.1 Å². The molecule has 150 valence electrons. The largest absolute Gasteiger partial charge is 0.472 e. The van der Waals surface area contributed by atoms with E-state index in [2.05, 4.69) is 5.32 Å². The van der Waals surface area contributed by atoms with E-state index in [-0.39, 0.29) is 18.0 Å². The number of carbonyl (C=O) groups is 1. The first-order valence-electron chi connectivity index (χ1n) is 9.66. The summed E-state index contributed by atoms with van der Waals surface area (Å²) in [5, 5.41) is 3.58. The summed E-state index contributed by atoms with van der Waals surface area (Å²) < 4.78 is 44.2. The second-order valence-electron chi connectivity index (χ2n) is 7.68. The van der Waals surface area contributed by atoms with Gasteiger partial charge in [0, 0.05) is 25.2 Å². The van der Waals surface area contributed by atoms with Crippen LogP contribution in [0.3, 0.4) is 0 Å². The van der Waals surface area contributed by atoms with Gasteiger partial charge in [0.2, 0.25) is 0 Å². The molecule has 1 N–H and O–H groups in total. The summed E-state index contributed by atoms with van der Waals surface area (Å²) in [4.78, 5) is 14.2. The lowest BCUT2D eigenvalue weighted by Crippen LogP contribution is -2.46. The zero-order valence-corrected chi connectivity index (χ0v) is 15.4. The van der Waals surface area contributed by atoms with Crippen LogP contribution < -0.4 is 5.32 Å². The Kier molecular flexibility index (Phi) is 5.19. The van der Waals surface area contributed by atoms with Crippen LogP contribution in [-0.4, -0.2) is 29.9 Å². The number of amides is 1. The second kappa shape index (κ2) is 7.62. The third kappa shape index (κ3) is 4.24. The molecule has 7 heteroatoms. The Morgan fingerprint density at radius 3 is 2.50 bits per heavy atom.